The Morgan fingerprint density at radius 3 is 1.48 bits per heavy atom. The maximum absolute atomic E-state index is 10.1. The fraction of sp³-hybridized carbons (Fsp3) is 0.963. The van der Waals surface area contributed by atoms with Crippen molar-refractivity contribution in [2.24, 2.45) is 0 Å². The van der Waals surface area contributed by atoms with E-state index >= 15 is 0 Å². The minimum absolute atomic E-state index is 0.0683. The second kappa shape index (κ2) is 19.4. The molecular formula is C27H57O3Si+. The fourth-order valence-corrected chi connectivity index (χ4v) is 4.52. The van der Waals surface area contributed by atoms with Gasteiger partial charge in [-0.1, -0.05) is 103 Å². The predicted molar refractivity (Wildman–Crippen MR) is 139 cm³/mol. The predicted octanol–water partition coefficient (Wildman–Crippen LogP) is 8.46. The van der Waals surface area contributed by atoms with Gasteiger partial charge in [0.15, 0.2) is 0 Å². The zero-order valence-corrected chi connectivity index (χ0v) is 23.0. The molecule has 0 spiro atoms. The summed E-state index contributed by atoms with van der Waals surface area (Å²) in [6.07, 6.45) is 21.5. The number of hydrogen-bond donors (Lipinski definition) is 1. The van der Waals surface area contributed by atoms with E-state index in [1.165, 1.54) is 96.3 Å². The number of rotatable bonds is 23. The van der Waals surface area contributed by atoms with Gasteiger partial charge in [0, 0.05) is 6.61 Å². The smallest absolute Gasteiger partial charge is 0.239 e. The molecule has 0 unspecified atom stereocenters. The van der Waals surface area contributed by atoms with Gasteiger partial charge in [-0.05, 0) is 33.4 Å². The molecule has 0 bridgehead atoms. The normalized spacial score (nSPS) is 13.6. The first-order valence-electron chi connectivity index (χ1n) is 13.5. The fourth-order valence-electron chi connectivity index (χ4n) is 3.52. The highest BCUT2D eigenvalue weighted by molar-refractivity contribution is 6.74. The highest BCUT2D eigenvalue weighted by atomic mass is 28.4. The molecule has 0 radical (unpaired) electrons. The lowest BCUT2D eigenvalue weighted by molar-refractivity contribution is 0.00826. The number of aliphatic hydroxyl groups excluding tert-OH is 1. The van der Waals surface area contributed by atoms with E-state index in [1.54, 1.807) is 0 Å². The highest BCUT2D eigenvalue weighted by Crippen LogP contribution is 2.36. The Hall–Kier alpha value is -0.0331. The molecule has 0 saturated heterocycles. The topological polar surface area (TPSA) is 38.7 Å². The van der Waals surface area contributed by atoms with Gasteiger partial charge in [-0.15, -0.1) is 0 Å². The van der Waals surface area contributed by atoms with Gasteiger partial charge in [0.05, 0.1) is 26.2 Å². The molecule has 4 heteroatoms. The second-order valence-corrected chi connectivity index (χ2v) is 15.4. The third-order valence-corrected chi connectivity index (χ3v) is 10.9. The van der Waals surface area contributed by atoms with E-state index in [2.05, 4.69) is 40.8 Å². The molecule has 0 aliphatic carbocycles. The zero-order valence-electron chi connectivity index (χ0n) is 22.0. The molecule has 0 aromatic rings. The molecule has 0 saturated carbocycles. The number of unbranched alkanes of at least 4 members (excludes halogenated alkanes) is 15. The minimum atomic E-state index is -1.89. The Bertz CT molecular complexity index is 379. The van der Waals surface area contributed by atoms with Gasteiger partial charge in [0.2, 0.25) is 8.32 Å². The van der Waals surface area contributed by atoms with Gasteiger partial charge in [-0.2, -0.15) is 0 Å². The maximum Gasteiger partial charge on any atom is 0.239 e. The summed E-state index contributed by atoms with van der Waals surface area (Å²) in [5.74, 6) is 0. The molecule has 31 heavy (non-hydrogen) atoms. The molecule has 1 atom stereocenters. The van der Waals surface area contributed by atoms with Crippen LogP contribution in [0.3, 0.4) is 0 Å². The van der Waals surface area contributed by atoms with Gasteiger partial charge in [0.1, 0.15) is 5.04 Å². The lowest BCUT2D eigenvalue weighted by atomic mass is 10.0. The van der Waals surface area contributed by atoms with E-state index in [0.29, 0.717) is 13.2 Å². The quantitative estimate of drug-likeness (QED) is 0.0949. The Morgan fingerprint density at radius 1 is 0.710 bits per heavy atom. The van der Waals surface area contributed by atoms with Crippen LogP contribution in [0.2, 0.25) is 18.1 Å². The van der Waals surface area contributed by atoms with Crippen LogP contribution in [0.1, 0.15) is 124 Å². The van der Waals surface area contributed by atoms with Gasteiger partial charge in [0.25, 0.3) is 0 Å². The SMILES string of the molecule is [CH2+]C(C)(C)[Si](C)(C)OC[C@H](O)COCCCCCCCCCCCCCCCCCC. The monoisotopic (exact) mass is 457 g/mol. The molecule has 0 rings (SSSR count). The van der Waals surface area contributed by atoms with Gasteiger partial charge in [-0.3, -0.25) is 0 Å². The van der Waals surface area contributed by atoms with Crippen molar-refractivity contribution in [3.05, 3.63) is 6.92 Å². The van der Waals surface area contributed by atoms with Crippen LogP contribution in [-0.2, 0) is 9.16 Å². The molecule has 0 aliphatic heterocycles. The summed E-state index contributed by atoms with van der Waals surface area (Å²) < 4.78 is 11.6. The van der Waals surface area contributed by atoms with E-state index in [9.17, 15) is 5.11 Å². The Morgan fingerprint density at radius 2 is 1.10 bits per heavy atom. The molecule has 186 valence electrons. The van der Waals surface area contributed by atoms with Gasteiger partial charge < -0.3 is 14.3 Å². The molecular weight excluding hydrogens is 400 g/mol. The van der Waals surface area contributed by atoms with E-state index in [-0.39, 0.29) is 5.04 Å². The van der Waals surface area contributed by atoms with E-state index in [1.807, 2.05) is 0 Å². The Balaban J connectivity index is 3.30. The zero-order chi connectivity index (χ0) is 23.4. The maximum atomic E-state index is 10.1. The van der Waals surface area contributed by atoms with Crippen molar-refractivity contribution in [3.63, 3.8) is 0 Å². The van der Waals surface area contributed by atoms with Crippen LogP contribution in [0.25, 0.3) is 0 Å². The lowest BCUT2D eigenvalue weighted by Gasteiger charge is -2.31. The van der Waals surface area contributed by atoms with Crippen LogP contribution in [0, 0.1) is 6.92 Å². The first kappa shape index (κ1) is 31.0. The van der Waals surface area contributed by atoms with Gasteiger partial charge >= 0.3 is 0 Å². The van der Waals surface area contributed by atoms with Crippen molar-refractivity contribution in [2.75, 3.05) is 19.8 Å². The summed E-state index contributed by atoms with van der Waals surface area (Å²) in [4.78, 5) is 0. The highest BCUT2D eigenvalue weighted by Gasteiger charge is 2.43. The van der Waals surface area contributed by atoms with Crippen LogP contribution in [0.5, 0.6) is 0 Å². The average Bonchev–Trinajstić information content (AvgIpc) is 2.70. The van der Waals surface area contributed by atoms with E-state index < -0.39 is 14.4 Å². The molecule has 0 fully saturated rings. The first-order valence-corrected chi connectivity index (χ1v) is 16.4. The molecule has 0 amide bonds. The van der Waals surface area contributed by atoms with Crippen molar-refractivity contribution in [3.8, 4) is 0 Å². The van der Waals surface area contributed by atoms with Crippen molar-refractivity contribution in [1.82, 2.24) is 0 Å². The molecule has 0 aromatic carbocycles. The molecule has 0 heterocycles. The summed E-state index contributed by atoms with van der Waals surface area (Å²) in [5, 5.41) is 10.00. The summed E-state index contributed by atoms with van der Waals surface area (Å²) in [7, 11) is -1.89. The number of hydrogen-bond acceptors (Lipinski definition) is 3. The summed E-state index contributed by atoms with van der Waals surface area (Å²) >= 11 is 0. The third-order valence-electron chi connectivity index (χ3n) is 6.72. The van der Waals surface area contributed by atoms with Crippen LogP contribution >= 0.6 is 0 Å². The van der Waals surface area contributed by atoms with Crippen molar-refractivity contribution < 1.29 is 14.3 Å². The number of ether oxygens (including phenoxy) is 1. The Kier molecular flexibility index (Phi) is 19.4. The first-order chi connectivity index (χ1) is 14.7. The van der Waals surface area contributed by atoms with Crippen molar-refractivity contribution in [2.45, 2.75) is 148 Å². The van der Waals surface area contributed by atoms with Crippen molar-refractivity contribution in [1.29, 1.82) is 0 Å². The second-order valence-electron chi connectivity index (χ2n) is 10.7. The summed E-state index contributed by atoms with van der Waals surface area (Å²) in [5.41, 5.74) is 0. The largest absolute Gasteiger partial charge is 0.409 e. The molecule has 1 N–H and O–H groups in total. The van der Waals surface area contributed by atoms with E-state index in [4.69, 9.17) is 9.16 Å². The minimum Gasteiger partial charge on any atom is -0.409 e. The molecule has 0 aliphatic rings. The van der Waals surface area contributed by atoms with E-state index in [0.717, 1.165) is 13.0 Å². The van der Waals surface area contributed by atoms with Gasteiger partial charge in [-0.25, -0.2) is 0 Å². The third kappa shape index (κ3) is 19.2. The summed E-state index contributed by atoms with van der Waals surface area (Å²) in [6, 6.07) is 0. The Labute approximate surface area is 197 Å². The summed E-state index contributed by atoms with van der Waals surface area (Å²) in [6.45, 7) is 16.5. The lowest BCUT2D eigenvalue weighted by Crippen LogP contribution is -2.43. The van der Waals surface area contributed by atoms with Crippen LogP contribution in [-0.4, -0.2) is 39.3 Å². The molecule has 3 nitrogen and oxygen atoms in total. The van der Waals surface area contributed by atoms with Crippen molar-refractivity contribution >= 4 is 8.32 Å². The van der Waals surface area contributed by atoms with Crippen LogP contribution < -0.4 is 0 Å². The van der Waals surface area contributed by atoms with Crippen LogP contribution in [0.4, 0.5) is 0 Å². The van der Waals surface area contributed by atoms with Crippen LogP contribution in [0.15, 0.2) is 0 Å². The average molecular weight is 458 g/mol. The molecule has 0 aromatic heterocycles. The standard InChI is InChI=1S/C27H57O3Si/c1-7-8-9-10-11-12-13-14-15-16-17-18-19-20-21-22-23-29-24-26(28)25-30-31(5,6)27(2,3)4/h26,28H,2,7-25H2,1,3-6H3/q+1/t26-/m1/s1. The number of aliphatic hydroxyl groups is 1.